The van der Waals surface area contributed by atoms with Crippen LogP contribution in [0.25, 0.3) is 0 Å². The fourth-order valence-corrected chi connectivity index (χ4v) is 6.07. The van der Waals surface area contributed by atoms with Gasteiger partial charge in [-0.3, -0.25) is 9.59 Å². The molecule has 0 saturated heterocycles. The highest BCUT2D eigenvalue weighted by Gasteiger charge is 2.30. The van der Waals surface area contributed by atoms with Gasteiger partial charge in [0, 0.05) is 71.5 Å². The molecule has 2 aliphatic rings. The summed E-state index contributed by atoms with van der Waals surface area (Å²) in [6.45, 7) is 11.6. The first-order valence-corrected chi connectivity index (χ1v) is 15.3. The van der Waals surface area contributed by atoms with Gasteiger partial charge in [0.15, 0.2) is 6.29 Å². The fraction of sp³-hybridized carbons (Fsp3) is 0.571. The van der Waals surface area contributed by atoms with Crippen LogP contribution in [0.4, 0.5) is 0 Å². The first-order chi connectivity index (χ1) is 20.7. The minimum Gasteiger partial charge on any atom is -0.400 e. The van der Waals surface area contributed by atoms with E-state index in [1.54, 1.807) is 14.2 Å². The molecule has 0 fully saturated rings. The summed E-state index contributed by atoms with van der Waals surface area (Å²) < 4.78 is 10.7. The molecule has 2 aromatic rings. The van der Waals surface area contributed by atoms with Crippen LogP contribution in [0, 0.1) is 23.7 Å². The Morgan fingerprint density at radius 3 is 1.53 bits per heavy atom. The van der Waals surface area contributed by atoms with E-state index in [4.69, 9.17) is 14.6 Å². The predicted molar refractivity (Wildman–Crippen MR) is 170 cm³/mol. The largest absolute Gasteiger partial charge is 0.400 e. The number of methoxy groups -OCH3 is 2. The highest BCUT2D eigenvalue weighted by atomic mass is 16.7. The Bertz CT molecular complexity index is 1150. The van der Waals surface area contributed by atoms with E-state index in [0.29, 0.717) is 43.8 Å². The average Bonchev–Trinajstić information content (AvgIpc) is 3.48. The van der Waals surface area contributed by atoms with Crippen LogP contribution < -0.4 is 0 Å². The summed E-state index contributed by atoms with van der Waals surface area (Å²) in [7, 11) is 4.33. The minimum absolute atomic E-state index is 0.107. The lowest BCUT2D eigenvalue weighted by Gasteiger charge is -2.27. The number of hydrogen-bond acceptors (Lipinski definition) is 6. The zero-order valence-electron chi connectivity index (χ0n) is 27.1. The molecule has 2 aliphatic heterocycles. The van der Waals surface area contributed by atoms with Crippen molar-refractivity contribution in [2.45, 2.75) is 72.8 Å². The van der Waals surface area contributed by atoms with Crippen molar-refractivity contribution >= 4 is 18.1 Å². The third-order valence-corrected chi connectivity index (χ3v) is 7.84. The number of aliphatic hydroxyl groups is 1. The molecule has 0 aromatic heterocycles. The van der Waals surface area contributed by atoms with Crippen LogP contribution >= 0.6 is 0 Å². The molecule has 0 aliphatic carbocycles. The second-order valence-corrected chi connectivity index (χ2v) is 12.2. The highest BCUT2D eigenvalue weighted by molar-refractivity contribution is 5.98. The quantitative estimate of drug-likeness (QED) is 0.218. The van der Waals surface area contributed by atoms with Gasteiger partial charge in [-0.2, -0.15) is 0 Å². The van der Waals surface area contributed by atoms with Crippen LogP contribution in [0.5, 0.6) is 0 Å². The fourth-order valence-electron chi connectivity index (χ4n) is 6.07. The predicted octanol–water partition coefficient (Wildman–Crippen LogP) is 5.82. The lowest BCUT2D eigenvalue weighted by molar-refractivity contribution is -0.116. The summed E-state index contributed by atoms with van der Waals surface area (Å²) in [6.07, 6.45) is 4.16. The smallest absolute Gasteiger partial charge is 0.254 e. The second kappa shape index (κ2) is 18.6. The Hall–Kier alpha value is -3.07. The molecular formula is C35H52N2O6. The summed E-state index contributed by atoms with van der Waals surface area (Å²) in [5.74, 6) is 2.04. The molecule has 2 amide bonds. The number of nitrogens with zero attached hydrogens (tertiary/aromatic N) is 2. The lowest BCUT2D eigenvalue weighted by atomic mass is 9.93. The standard InChI is InChI=1S/C18H27NO3.C16H21NO2.CH4O/c1-13(2)9-14(10-17(21-3)22-4)11-19-12-15-7-5-6-8-16(15)18(19)20;1-12(2)9-13(7-8-18)10-17-11-14-5-3-4-6-15(14)16(17)19;1-2/h5-8,13-14,17H,9-12H2,1-4H3;3-6,8,12-13H,7,9-11H2,1-2H3;2H,1H3/t14-;13-;/m01./s1. The van der Waals surface area contributed by atoms with Crippen molar-refractivity contribution in [3.8, 4) is 0 Å². The number of benzene rings is 2. The molecule has 0 spiro atoms. The maximum absolute atomic E-state index is 12.5. The molecule has 4 rings (SSSR count). The van der Waals surface area contributed by atoms with Gasteiger partial charge in [-0.15, -0.1) is 0 Å². The van der Waals surface area contributed by atoms with E-state index in [0.717, 1.165) is 61.5 Å². The molecule has 8 heteroatoms. The Labute approximate surface area is 258 Å². The maximum atomic E-state index is 12.5. The van der Waals surface area contributed by atoms with Crippen LogP contribution in [-0.4, -0.2) is 73.7 Å². The van der Waals surface area contributed by atoms with Crippen molar-refractivity contribution in [1.82, 2.24) is 9.80 Å². The number of amides is 2. The van der Waals surface area contributed by atoms with E-state index < -0.39 is 0 Å². The number of fused-ring (bicyclic) bond motifs is 2. The van der Waals surface area contributed by atoms with Gasteiger partial charge in [0.2, 0.25) is 0 Å². The molecular weight excluding hydrogens is 544 g/mol. The zero-order valence-corrected chi connectivity index (χ0v) is 27.1. The van der Waals surface area contributed by atoms with Crippen LogP contribution in [-0.2, 0) is 27.4 Å². The Morgan fingerprint density at radius 1 is 0.721 bits per heavy atom. The van der Waals surface area contributed by atoms with Crippen LogP contribution in [0.1, 0.15) is 85.2 Å². The highest BCUT2D eigenvalue weighted by Crippen LogP contribution is 2.28. The molecule has 0 bridgehead atoms. The van der Waals surface area contributed by atoms with Gasteiger partial charge < -0.3 is 29.2 Å². The molecule has 8 nitrogen and oxygen atoms in total. The first kappa shape index (κ1) is 36.1. The Morgan fingerprint density at radius 2 is 1.14 bits per heavy atom. The van der Waals surface area contributed by atoms with Gasteiger partial charge >= 0.3 is 0 Å². The Kier molecular flexibility index (Phi) is 15.6. The number of aldehydes is 1. The molecule has 0 radical (unpaired) electrons. The summed E-state index contributed by atoms with van der Waals surface area (Å²) in [5.41, 5.74) is 3.89. The van der Waals surface area contributed by atoms with Crippen LogP contribution in [0.2, 0.25) is 0 Å². The third kappa shape index (κ3) is 10.9. The number of ether oxygens (including phenoxy) is 2. The number of carbonyl (C=O) groups is 3. The molecule has 0 saturated carbocycles. The van der Waals surface area contributed by atoms with E-state index in [9.17, 15) is 14.4 Å². The topological polar surface area (TPSA) is 96.4 Å². The summed E-state index contributed by atoms with van der Waals surface area (Å²) in [4.78, 5) is 39.4. The van der Waals surface area contributed by atoms with Crippen molar-refractivity contribution in [2.24, 2.45) is 23.7 Å². The van der Waals surface area contributed by atoms with Gasteiger partial charge in [0.1, 0.15) is 6.29 Å². The van der Waals surface area contributed by atoms with E-state index >= 15 is 0 Å². The molecule has 0 unspecified atom stereocenters. The SMILES string of the molecule is CC(C)C[C@@H](CC=O)CN1Cc2ccccc2C1=O.CO.COC(C[C@H](CC(C)C)CN1Cc2ccccc2C1=O)OC. The van der Waals surface area contributed by atoms with E-state index in [2.05, 4.69) is 27.7 Å². The van der Waals surface area contributed by atoms with Gasteiger partial charge in [-0.05, 0) is 59.8 Å². The lowest BCUT2D eigenvalue weighted by Crippen LogP contribution is -2.33. The van der Waals surface area contributed by atoms with Crippen molar-refractivity contribution in [3.63, 3.8) is 0 Å². The second-order valence-electron chi connectivity index (χ2n) is 12.2. The van der Waals surface area contributed by atoms with Gasteiger partial charge in [-0.25, -0.2) is 0 Å². The molecule has 2 atom stereocenters. The Balaban J connectivity index is 0.000000286. The summed E-state index contributed by atoms with van der Waals surface area (Å²) in [6, 6.07) is 15.6. The number of rotatable bonds is 14. The van der Waals surface area contributed by atoms with Crippen molar-refractivity contribution in [1.29, 1.82) is 0 Å². The molecule has 1 N–H and O–H groups in total. The molecule has 238 valence electrons. The molecule has 43 heavy (non-hydrogen) atoms. The van der Waals surface area contributed by atoms with Gasteiger partial charge in [0.25, 0.3) is 11.8 Å². The number of hydrogen-bond donors (Lipinski definition) is 1. The average molecular weight is 597 g/mol. The number of carbonyl (C=O) groups excluding carboxylic acids is 3. The summed E-state index contributed by atoms with van der Waals surface area (Å²) in [5, 5.41) is 7.00. The molecule has 2 heterocycles. The van der Waals surface area contributed by atoms with Gasteiger partial charge in [-0.1, -0.05) is 64.1 Å². The van der Waals surface area contributed by atoms with E-state index in [1.807, 2.05) is 58.3 Å². The third-order valence-electron chi connectivity index (χ3n) is 7.84. The first-order valence-electron chi connectivity index (χ1n) is 15.3. The van der Waals surface area contributed by atoms with Crippen molar-refractivity contribution in [3.05, 3.63) is 70.8 Å². The maximum Gasteiger partial charge on any atom is 0.254 e. The van der Waals surface area contributed by atoms with Crippen molar-refractivity contribution < 1.29 is 29.0 Å². The van der Waals surface area contributed by atoms with Crippen molar-refractivity contribution in [2.75, 3.05) is 34.4 Å². The van der Waals surface area contributed by atoms with E-state index in [1.165, 1.54) is 0 Å². The zero-order chi connectivity index (χ0) is 31.9. The number of aliphatic hydroxyl groups excluding tert-OH is 1. The minimum atomic E-state index is -0.205. The molecule has 2 aromatic carbocycles. The van der Waals surface area contributed by atoms with Crippen LogP contribution in [0.15, 0.2) is 48.5 Å². The normalized spacial score (nSPS) is 15.1. The van der Waals surface area contributed by atoms with E-state index in [-0.39, 0.29) is 24.0 Å². The van der Waals surface area contributed by atoms with Crippen LogP contribution in [0.3, 0.4) is 0 Å². The van der Waals surface area contributed by atoms with Gasteiger partial charge in [0.05, 0.1) is 0 Å². The monoisotopic (exact) mass is 596 g/mol. The summed E-state index contributed by atoms with van der Waals surface area (Å²) >= 11 is 0.